The predicted octanol–water partition coefficient (Wildman–Crippen LogP) is 3.32. The molecule has 94 valence electrons. The van der Waals surface area contributed by atoms with Crippen LogP contribution >= 0.6 is 23.2 Å². The molecule has 2 N–H and O–H groups in total. The topological polar surface area (TPSA) is 41.1 Å². The summed E-state index contributed by atoms with van der Waals surface area (Å²) in [5, 5.41) is 7.07. The van der Waals surface area contributed by atoms with Gasteiger partial charge < -0.3 is 10.6 Å². The smallest absolute Gasteiger partial charge is 0.221 e. The van der Waals surface area contributed by atoms with Crippen LogP contribution in [0.25, 0.3) is 0 Å². The zero-order valence-corrected chi connectivity index (χ0v) is 11.2. The Labute approximate surface area is 111 Å². The van der Waals surface area contributed by atoms with Gasteiger partial charge in [-0.05, 0) is 24.6 Å². The van der Waals surface area contributed by atoms with E-state index < -0.39 is 0 Å². The van der Waals surface area contributed by atoms with E-state index >= 15 is 0 Å². The Morgan fingerprint density at radius 1 is 1.29 bits per heavy atom. The van der Waals surface area contributed by atoms with E-state index in [1.165, 1.54) is 0 Å². The maximum atomic E-state index is 11.3. The molecule has 0 bridgehead atoms. The van der Waals surface area contributed by atoms with Crippen LogP contribution in [0.1, 0.15) is 19.8 Å². The van der Waals surface area contributed by atoms with Gasteiger partial charge in [-0.2, -0.15) is 0 Å². The molecule has 0 aliphatic heterocycles. The number of nitrogens with one attached hydrogen (secondary N) is 2. The molecule has 1 rings (SSSR count). The average Bonchev–Trinajstić information content (AvgIpc) is 2.29. The third-order valence-corrected chi connectivity index (χ3v) is 2.72. The molecule has 17 heavy (non-hydrogen) atoms. The Morgan fingerprint density at radius 2 is 2.06 bits per heavy atom. The summed E-state index contributed by atoms with van der Waals surface area (Å²) in [5.74, 6) is 0.0458. The van der Waals surface area contributed by atoms with Crippen LogP contribution in [0.15, 0.2) is 18.2 Å². The van der Waals surface area contributed by atoms with Gasteiger partial charge in [0.05, 0.1) is 10.7 Å². The van der Waals surface area contributed by atoms with E-state index in [9.17, 15) is 4.79 Å². The first-order chi connectivity index (χ1) is 8.13. The SMILES string of the molecule is CCCNC(=O)CCNc1ccc(Cl)cc1Cl. The minimum absolute atomic E-state index is 0.0458. The molecule has 0 radical (unpaired) electrons. The summed E-state index contributed by atoms with van der Waals surface area (Å²) in [6.45, 7) is 3.30. The fourth-order valence-electron chi connectivity index (χ4n) is 1.30. The number of halogens is 2. The molecule has 0 heterocycles. The number of carbonyl (C=O) groups is 1. The lowest BCUT2D eigenvalue weighted by Crippen LogP contribution is -2.25. The molecule has 0 atom stereocenters. The molecule has 1 aromatic rings. The maximum absolute atomic E-state index is 11.3. The molecule has 5 heteroatoms. The van der Waals surface area contributed by atoms with E-state index in [4.69, 9.17) is 23.2 Å². The van der Waals surface area contributed by atoms with Crippen LogP contribution in [0.2, 0.25) is 10.0 Å². The number of amides is 1. The quantitative estimate of drug-likeness (QED) is 0.836. The van der Waals surface area contributed by atoms with Crippen molar-refractivity contribution >= 4 is 34.8 Å². The minimum Gasteiger partial charge on any atom is -0.383 e. The molecule has 0 saturated heterocycles. The molecule has 3 nitrogen and oxygen atoms in total. The first kappa shape index (κ1) is 14.1. The lowest BCUT2D eigenvalue weighted by molar-refractivity contribution is -0.120. The van der Waals surface area contributed by atoms with E-state index in [2.05, 4.69) is 10.6 Å². The number of anilines is 1. The molecule has 0 aliphatic rings. The molecular formula is C12H16Cl2N2O. The van der Waals surface area contributed by atoms with Crippen LogP contribution in [0.4, 0.5) is 5.69 Å². The van der Waals surface area contributed by atoms with Gasteiger partial charge in [0.1, 0.15) is 0 Å². The van der Waals surface area contributed by atoms with Crippen molar-refractivity contribution in [2.75, 3.05) is 18.4 Å². The van der Waals surface area contributed by atoms with E-state index in [-0.39, 0.29) is 5.91 Å². The van der Waals surface area contributed by atoms with Gasteiger partial charge in [0, 0.05) is 24.5 Å². The zero-order chi connectivity index (χ0) is 12.7. The molecule has 0 unspecified atom stereocenters. The van der Waals surface area contributed by atoms with E-state index in [0.29, 0.717) is 23.0 Å². The summed E-state index contributed by atoms with van der Waals surface area (Å²) in [6, 6.07) is 5.23. The van der Waals surface area contributed by atoms with Crippen molar-refractivity contribution in [3.63, 3.8) is 0 Å². The maximum Gasteiger partial charge on any atom is 0.221 e. The molecule has 0 aliphatic carbocycles. The Kier molecular flexibility index (Phi) is 6.16. The van der Waals surface area contributed by atoms with Gasteiger partial charge in [-0.1, -0.05) is 30.1 Å². The first-order valence-electron chi connectivity index (χ1n) is 5.59. The minimum atomic E-state index is 0.0458. The number of hydrogen-bond acceptors (Lipinski definition) is 2. The third kappa shape index (κ3) is 5.29. The van der Waals surface area contributed by atoms with Crippen LogP contribution < -0.4 is 10.6 Å². The number of hydrogen-bond donors (Lipinski definition) is 2. The van der Waals surface area contributed by atoms with Gasteiger partial charge >= 0.3 is 0 Å². The van der Waals surface area contributed by atoms with Crippen molar-refractivity contribution in [2.24, 2.45) is 0 Å². The van der Waals surface area contributed by atoms with Crippen molar-refractivity contribution in [3.05, 3.63) is 28.2 Å². The van der Waals surface area contributed by atoms with Crippen molar-refractivity contribution in [1.82, 2.24) is 5.32 Å². The highest BCUT2D eigenvalue weighted by atomic mass is 35.5. The Bertz CT molecular complexity index is 383. The standard InChI is InChI=1S/C12H16Cl2N2O/c1-2-6-16-12(17)5-7-15-11-4-3-9(13)8-10(11)14/h3-4,8,15H,2,5-7H2,1H3,(H,16,17). The lowest BCUT2D eigenvalue weighted by atomic mass is 10.3. The van der Waals surface area contributed by atoms with Crippen LogP contribution in [-0.4, -0.2) is 19.0 Å². The van der Waals surface area contributed by atoms with Gasteiger partial charge in [-0.25, -0.2) is 0 Å². The molecule has 1 amide bonds. The van der Waals surface area contributed by atoms with Crippen molar-refractivity contribution in [1.29, 1.82) is 0 Å². The van der Waals surface area contributed by atoms with Crippen LogP contribution in [-0.2, 0) is 4.79 Å². The van der Waals surface area contributed by atoms with Crippen molar-refractivity contribution in [2.45, 2.75) is 19.8 Å². The normalized spacial score (nSPS) is 10.1. The van der Waals surface area contributed by atoms with Gasteiger partial charge in [-0.15, -0.1) is 0 Å². The van der Waals surface area contributed by atoms with E-state index in [0.717, 1.165) is 18.7 Å². The van der Waals surface area contributed by atoms with Crippen molar-refractivity contribution < 1.29 is 4.79 Å². The summed E-state index contributed by atoms with van der Waals surface area (Å²) in [5.41, 5.74) is 0.791. The van der Waals surface area contributed by atoms with Gasteiger partial charge in [0.2, 0.25) is 5.91 Å². The van der Waals surface area contributed by atoms with E-state index in [1.54, 1.807) is 18.2 Å². The zero-order valence-electron chi connectivity index (χ0n) is 9.72. The highest BCUT2D eigenvalue weighted by Crippen LogP contribution is 2.25. The predicted molar refractivity (Wildman–Crippen MR) is 72.9 cm³/mol. The fraction of sp³-hybridized carbons (Fsp3) is 0.417. The summed E-state index contributed by atoms with van der Waals surface area (Å²) in [4.78, 5) is 11.3. The Balaban J connectivity index is 2.33. The molecule has 0 fully saturated rings. The second-order valence-electron chi connectivity index (χ2n) is 3.65. The van der Waals surface area contributed by atoms with Crippen molar-refractivity contribution in [3.8, 4) is 0 Å². The summed E-state index contributed by atoms with van der Waals surface area (Å²) >= 11 is 11.8. The number of carbonyl (C=O) groups excluding carboxylic acids is 1. The molecule has 0 aromatic heterocycles. The second-order valence-corrected chi connectivity index (χ2v) is 4.49. The number of benzene rings is 1. The first-order valence-corrected chi connectivity index (χ1v) is 6.34. The molecule has 0 saturated carbocycles. The van der Waals surface area contributed by atoms with Gasteiger partial charge in [0.25, 0.3) is 0 Å². The number of rotatable bonds is 6. The van der Waals surface area contributed by atoms with Crippen LogP contribution in [0.5, 0.6) is 0 Å². The summed E-state index contributed by atoms with van der Waals surface area (Å²) in [6.07, 6.45) is 1.38. The van der Waals surface area contributed by atoms with E-state index in [1.807, 2.05) is 6.92 Å². The lowest BCUT2D eigenvalue weighted by Gasteiger charge is -2.08. The largest absolute Gasteiger partial charge is 0.383 e. The highest BCUT2D eigenvalue weighted by Gasteiger charge is 2.02. The van der Waals surface area contributed by atoms with Gasteiger partial charge in [0.15, 0.2) is 0 Å². The Hall–Kier alpha value is -0.930. The average molecular weight is 275 g/mol. The van der Waals surface area contributed by atoms with Crippen LogP contribution in [0, 0.1) is 0 Å². The molecule has 0 spiro atoms. The second kappa shape index (κ2) is 7.41. The summed E-state index contributed by atoms with van der Waals surface area (Å²) < 4.78 is 0. The third-order valence-electron chi connectivity index (χ3n) is 2.17. The molecule has 1 aromatic carbocycles. The van der Waals surface area contributed by atoms with Gasteiger partial charge in [-0.3, -0.25) is 4.79 Å². The fourth-order valence-corrected chi connectivity index (χ4v) is 1.77. The Morgan fingerprint density at radius 3 is 2.71 bits per heavy atom. The molecular weight excluding hydrogens is 259 g/mol. The summed E-state index contributed by atoms with van der Waals surface area (Å²) in [7, 11) is 0. The highest BCUT2D eigenvalue weighted by molar-refractivity contribution is 6.36. The monoisotopic (exact) mass is 274 g/mol. The van der Waals surface area contributed by atoms with Crippen LogP contribution in [0.3, 0.4) is 0 Å².